The molecule has 0 radical (unpaired) electrons. The van der Waals surface area contributed by atoms with Crippen LogP contribution in [0, 0.1) is 6.08 Å². The molecule has 0 aromatic heterocycles. The van der Waals surface area contributed by atoms with E-state index in [9.17, 15) is 0 Å². The fourth-order valence-corrected chi connectivity index (χ4v) is 1.02. The first kappa shape index (κ1) is 21.6. The molecule has 0 saturated carbocycles. The Bertz CT molecular complexity index is 276. The van der Waals surface area contributed by atoms with E-state index in [1.165, 1.54) is 5.30 Å². The third-order valence-electron chi connectivity index (χ3n) is 1.39. The van der Waals surface area contributed by atoms with Crippen LogP contribution in [0.2, 0.25) is 0 Å². The van der Waals surface area contributed by atoms with Gasteiger partial charge in [-0.05, 0) is 5.30 Å². The van der Waals surface area contributed by atoms with Gasteiger partial charge < -0.3 is 24.8 Å². The maximum Gasteiger partial charge on any atom is -1.00 e. The molecular formula is C12H14Cl2PTi-. The second-order valence-corrected chi connectivity index (χ2v) is 3.08. The van der Waals surface area contributed by atoms with Gasteiger partial charge in [0.25, 0.3) is 0 Å². The molecule has 0 bridgehead atoms. The number of rotatable bonds is 0. The molecule has 0 nitrogen and oxygen atoms in total. The first-order valence-corrected chi connectivity index (χ1v) is 5.95. The zero-order chi connectivity index (χ0) is 10.6. The molecule has 0 N–H and O–H groups in total. The van der Waals surface area contributed by atoms with Gasteiger partial charge in [-0.2, -0.15) is 6.08 Å². The Labute approximate surface area is 125 Å². The average molecular weight is 308 g/mol. The number of halogens is 2. The summed E-state index contributed by atoms with van der Waals surface area (Å²) < 4.78 is 0. The monoisotopic (exact) mass is 307 g/mol. The maximum absolute atomic E-state index is 3.25. The van der Waals surface area contributed by atoms with Crippen LogP contribution >= 0.6 is 9.24 Å². The predicted octanol–water partition coefficient (Wildman–Crippen LogP) is -3.53. The molecule has 0 saturated heterocycles. The van der Waals surface area contributed by atoms with Gasteiger partial charge in [0.05, 0.1) is 0 Å². The molecule has 1 aliphatic carbocycles. The van der Waals surface area contributed by atoms with Crippen molar-refractivity contribution in [2.45, 2.75) is 6.42 Å². The normalized spacial score (nSPS) is 9.69. The average Bonchev–Trinajstić information content (AvgIpc) is 2.80. The smallest absolute Gasteiger partial charge is 1.00 e. The zero-order valence-electron chi connectivity index (χ0n) is 8.87. The summed E-state index contributed by atoms with van der Waals surface area (Å²) in [5.74, 6) is 0. The van der Waals surface area contributed by atoms with E-state index < -0.39 is 0 Å². The van der Waals surface area contributed by atoms with Crippen molar-refractivity contribution in [3.63, 3.8) is 0 Å². The van der Waals surface area contributed by atoms with Gasteiger partial charge >= 0.3 is 24.8 Å². The number of benzene rings is 1. The van der Waals surface area contributed by atoms with E-state index in [2.05, 4.69) is 26.2 Å². The molecule has 0 spiro atoms. The van der Waals surface area contributed by atoms with Gasteiger partial charge in [0.1, 0.15) is 0 Å². The van der Waals surface area contributed by atoms with E-state index in [4.69, 9.17) is 0 Å². The Morgan fingerprint density at radius 2 is 1.69 bits per heavy atom. The minimum absolute atomic E-state index is 0. The van der Waals surface area contributed by atoms with Crippen LogP contribution in [-0.2, 0) is 20.0 Å². The van der Waals surface area contributed by atoms with Gasteiger partial charge in [0.2, 0.25) is 0 Å². The van der Waals surface area contributed by atoms with Gasteiger partial charge in [-0.15, -0.1) is 15.7 Å². The topological polar surface area (TPSA) is 0 Å². The summed E-state index contributed by atoms with van der Waals surface area (Å²) in [5, 5.41) is 1.24. The van der Waals surface area contributed by atoms with Crippen LogP contribution in [-0.4, -0.2) is 4.82 Å². The van der Waals surface area contributed by atoms with Crippen LogP contribution in [0.15, 0.2) is 48.6 Å². The first-order chi connectivity index (χ1) is 6.89. The summed E-state index contributed by atoms with van der Waals surface area (Å²) in [6.45, 7) is 0. The number of allylic oxidation sites excluding steroid dienone is 4. The fraction of sp³-hybridized carbons (Fsp3) is 0.0833. The first-order valence-electron chi connectivity index (χ1n) is 4.27. The van der Waals surface area contributed by atoms with Crippen LogP contribution in [0.25, 0.3) is 0 Å². The summed E-state index contributed by atoms with van der Waals surface area (Å²) >= 11 is 1.75. The third-order valence-corrected chi connectivity index (χ3v) is 1.77. The van der Waals surface area contributed by atoms with Gasteiger partial charge in [0, 0.05) is 0 Å². The van der Waals surface area contributed by atoms with Crippen molar-refractivity contribution in [3.8, 4) is 0 Å². The van der Waals surface area contributed by atoms with E-state index in [1.807, 2.05) is 42.5 Å². The Morgan fingerprint density at radius 1 is 1.12 bits per heavy atom. The predicted molar refractivity (Wildman–Crippen MR) is 64.5 cm³/mol. The van der Waals surface area contributed by atoms with E-state index in [0.29, 0.717) is 0 Å². The van der Waals surface area contributed by atoms with Crippen LogP contribution in [0.1, 0.15) is 6.42 Å². The largest absolute Gasteiger partial charge is 1.00 e. The van der Waals surface area contributed by atoms with Gasteiger partial charge in [-0.3, -0.25) is 6.08 Å². The van der Waals surface area contributed by atoms with Crippen molar-refractivity contribution in [2.24, 2.45) is 0 Å². The number of hydrogen-bond donors (Lipinski definition) is 0. The third kappa shape index (κ3) is 14.3. The van der Waals surface area contributed by atoms with Crippen LogP contribution < -0.4 is 30.1 Å². The molecule has 0 fully saturated rings. The van der Waals surface area contributed by atoms with Crippen molar-refractivity contribution in [2.75, 3.05) is 0 Å². The van der Waals surface area contributed by atoms with Crippen molar-refractivity contribution < 1.29 is 44.8 Å². The zero-order valence-corrected chi connectivity index (χ0v) is 13.1. The van der Waals surface area contributed by atoms with Crippen LogP contribution in [0.3, 0.4) is 0 Å². The summed E-state index contributed by atoms with van der Waals surface area (Å²) in [4.78, 5) is 3.25. The van der Waals surface area contributed by atoms with Crippen molar-refractivity contribution in [1.29, 1.82) is 0 Å². The summed E-state index contributed by atoms with van der Waals surface area (Å²) in [5.41, 5.74) is 0. The number of hydrogen-bond acceptors (Lipinski definition) is 0. The molecule has 1 unspecified atom stereocenters. The molecule has 0 aliphatic heterocycles. The molecule has 1 atom stereocenters. The van der Waals surface area contributed by atoms with E-state index in [1.54, 1.807) is 20.0 Å². The van der Waals surface area contributed by atoms with Crippen LogP contribution in [0.5, 0.6) is 0 Å². The Balaban J connectivity index is -0.000000169. The van der Waals surface area contributed by atoms with Gasteiger partial charge in [0.15, 0.2) is 0 Å². The summed E-state index contributed by atoms with van der Waals surface area (Å²) in [6, 6.07) is 10.1. The van der Waals surface area contributed by atoms with E-state index in [-0.39, 0.29) is 24.8 Å². The standard InChI is InChI=1S/C6H7P.C5H5.CH2.2ClH.Ti/c7-6-4-2-1-3-5-6;1-2-4-5-3-1;;;;/h1-5H,7H2;1-3H,4H2;1H2;2*1H;/q;-1;;;;+2/p-2. The molecule has 1 aliphatic rings. The van der Waals surface area contributed by atoms with E-state index >= 15 is 0 Å². The van der Waals surface area contributed by atoms with Crippen molar-refractivity contribution in [1.82, 2.24) is 0 Å². The summed E-state index contributed by atoms with van der Waals surface area (Å²) in [6.07, 6.45) is 10.0. The Hall–Kier alpha value is 0.294. The SMILES string of the molecule is Pc1ccccc1.[C-]1=CC=CC1.[CH2]=[Ti+2].[Cl-].[Cl-]. The molecular weight excluding hydrogens is 294 g/mol. The van der Waals surface area contributed by atoms with Crippen LogP contribution in [0.4, 0.5) is 0 Å². The minimum atomic E-state index is 0. The minimum Gasteiger partial charge on any atom is -1.00 e. The van der Waals surface area contributed by atoms with E-state index in [0.717, 1.165) is 6.42 Å². The fourth-order valence-electron chi connectivity index (χ4n) is 0.793. The second kappa shape index (κ2) is 17.7. The quantitative estimate of drug-likeness (QED) is 0.265. The van der Waals surface area contributed by atoms with Gasteiger partial charge in [-0.1, -0.05) is 30.3 Å². The molecule has 0 amide bonds. The molecule has 0 heterocycles. The van der Waals surface area contributed by atoms with Gasteiger partial charge in [-0.25, -0.2) is 12.2 Å². The Morgan fingerprint density at radius 3 is 1.88 bits per heavy atom. The molecule has 4 heteroatoms. The second-order valence-electron chi connectivity index (χ2n) is 2.41. The molecule has 16 heavy (non-hydrogen) atoms. The summed E-state index contributed by atoms with van der Waals surface area (Å²) in [7, 11) is 2.63. The maximum atomic E-state index is 3.25. The molecule has 86 valence electrons. The van der Waals surface area contributed by atoms with Crippen molar-refractivity contribution >= 4 is 19.4 Å². The van der Waals surface area contributed by atoms with Crippen molar-refractivity contribution in [3.05, 3.63) is 54.6 Å². The molecule has 2 rings (SSSR count). The molecule has 1 aromatic rings. The molecule has 1 aromatic carbocycles. The Kier molecular flexibility index (Phi) is 23.8.